The van der Waals surface area contributed by atoms with E-state index in [0.29, 0.717) is 31.7 Å². The minimum atomic E-state index is -0.538. The maximum atomic E-state index is 13.0. The summed E-state index contributed by atoms with van der Waals surface area (Å²) < 4.78 is 31.2. The van der Waals surface area contributed by atoms with E-state index in [1.165, 1.54) is 24.3 Å². The molecule has 0 aliphatic rings. The Balaban J connectivity index is 1.64. The lowest BCUT2D eigenvalue weighted by atomic mass is 10.2. The third-order valence-electron chi connectivity index (χ3n) is 3.29. The van der Waals surface area contributed by atoms with Crippen LogP contribution in [-0.2, 0) is 0 Å². The Kier molecular flexibility index (Phi) is 6.72. The van der Waals surface area contributed by atoms with Gasteiger partial charge in [-0.15, -0.1) is 0 Å². The molecule has 0 heterocycles. The summed E-state index contributed by atoms with van der Waals surface area (Å²) in [5, 5.41) is 14.1. The molecule has 2 aromatic rings. The fourth-order valence-electron chi connectivity index (χ4n) is 2.03. The van der Waals surface area contributed by atoms with Crippen molar-refractivity contribution in [2.75, 3.05) is 18.5 Å². The van der Waals surface area contributed by atoms with Crippen molar-refractivity contribution in [2.45, 2.75) is 12.8 Å². The normalized spacial score (nSPS) is 9.96. The number of halogens is 2. The molecule has 0 unspecified atom stereocenters. The molecule has 0 atom stereocenters. The lowest BCUT2D eigenvalue weighted by Gasteiger charge is -2.09. The maximum absolute atomic E-state index is 13.0. The second-order valence-electron chi connectivity index (χ2n) is 5.19. The number of hydrogen-bond donors (Lipinski definition) is 2. The van der Waals surface area contributed by atoms with E-state index in [4.69, 9.17) is 10.00 Å². The van der Waals surface area contributed by atoms with Crippen LogP contribution >= 0.6 is 0 Å². The van der Waals surface area contributed by atoms with Crippen molar-refractivity contribution < 1.29 is 18.3 Å². The van der Waals surface area contributed by atoms with E-state index in [9.17, 15) is 13.6 Å². The monoisotopic (exact) mass is 345 g/mol. The van der Waals surface area contributed by atoms with Gasteiger partial charge in [-0.05, 0) is 55.3 Å². The van der Waals surface area contributed by atoms with Gasteiger partial charge in [0.15, 0.2) is 0 Å². The van der Waals surface area contributed by atoms with Crippen LogP contribution in [0.25, 0.3) is 0 Å². The SMILES string of the molecule is N#Cc1cc(F)ccc1NC(=O)NCCCCOc1ccc(F)cc1. The van der Waals surface area contributed by atoms with Crippen LogP contribution in [0.5, 0.6) is 5.75 Å². The molecule has 0 saturated heterocycles. The molecule has 5 nitrogen and oxygen atoms in total. The van der Waals surface area contributed by atoms with Gasteiger partial charge in [-0.1, -0.05) is 0 Å². The van der Waals surface area contributed by atoms with Crippen LogP contribution in [0.1, 0.15) is 18.4 Å². The number of carbonyl (C=O) groups excluding carboxylic acids is 1. The fraction of sp³-hybridized carbons (Fsp3) is 0.222. The number of carbonyl (C=O) groups is 1. The van der Waals surface area contributed by atoms with Crippen LogP contribution in [0.4, 0.5) is 19.3 Å². The summed E-state index contributed by atoms with van der Waals surface area (Å²) in [7, 11) is 0. The van der Waals surface area contributed by atoms with Crippen LogP contribution in [0, 0.1) is 23.0 Å². The van der Waals surface area contributed by atoms with Gasteiger partial charge in [0.05, 0.1) is 17.9 Å². The Hall–Kier alpha value is -3.14. The van der Waals surface area contributed by atoms with Crippen molar-refractivity contribution in [3.8, 4) is 11.8 Å². The van der Waals surface area contributed by atoms with Gasteiger partial charge < -0.3 is 15.4 Å². The van der Waals surface area contributed by atoms with E-state index >= 15 is 0 Å². The Morgan fingerprint density at radius 2 is 1.80 bits per heavy atom. The largest absolute Gasteiger partial charge is 0.494 e. The molecule has 25 heavy (non-hydrogen) atoms. The predicted molar refractivity (Wildman–Crippen MR) is 89.3 cm³/mol. The molecule has 2 N–H and O–H groups in total. The molecule has 0 aromatic heterocycles. The minimum Gasteiger partial charge on any atom is -0.494 e. The summed E-state index contributed by atoms with van der Waals surface area (Å²) >= 11 is 0. The summed E-state index contributed by atoms with van der Waals surface area (Å²) in [4.78, 5) is 11.8. The van der Waals surface area contributed by atoms with Gasteiger partial charge in [-0.2, -0.15) is 5.26 Å². The van der Waals surface area contributed by atoms with Crippen molar-refractivity contribution in [1.29, 1.82) is 5.26 Å². The summed E-state index contributed by atoms with van der Waals surface area (Å²) in [6.07, 6.45) is 1.39. The lowest BCUT2D eigenvalue weighted by Crippen LogP contribution is -2.30. The number of benzene rings is 2. The topological polar surface area (TPSA) is 74.2 Å². The third-order valence-corrected chi connectivity index (χ3v) is 3.29. The molecule has 0 radical (unpaired) electrons. The molecule has 0 spiro atoms. The molecule has 2 rings (SSSR count). The van der Waals surface area contributed by atoms with Crippen molar-refractivity contribution >= 4 is 11.7 Å². The number of anilines is 1. The van der Waals surface area contributed by atoms with Gasteiger partial charge in [0.1, 0.15) is 23.5 Å². The first-order chi connectivity index (χ1) is 12.1. The second kappa shape index (κ2) is 9.23. The molecule has 130 valence electrons. The van der Waals surface area contributed by atoms with Gasteiger partial charge >= 0.3 is 6.03 Å². The molecular weight excluding hydrogens is 328 g/mol. The zero-order chi connectivity index (χ0) is 18.1. The predicted octanol–water partition coefficient (Wildman–Crippen LogP) is 3.82. The summed E-state index contributed by atoms with van der Waals surface area (Å²) in [6.45, 7) is 0.868. The highest BCUT2D eigenvalue weighted by Crippen LogP contribution is 2.15. The quantitative estimate of drug-likeness (QED) is 0.749. The van der Waals surface area contributed by atoms with E-state index in [0.717, 1.165) is 6.07 Å². The van der Waals surface area contributed by atoms with Crippen LogP contribution in [-0.4, -0.2) is 19.2 Å². The fourth-order valence-corrected chi connectivity index (χ4v) is 2.03. The smallest absolute Gasteiger partial charge is 0.319 e. The number of rotatable bonds is 7. The Morgan fingerprint density at radius 3 is 2.52 bits per heavy atom. The van der Waals surface area contributed by atoms with E-state index in [-0.39, 0.29) is 17.1 Å². The number of unbranched alkanes of at least 4 members (excludes halogenated alkanes) is 1. The van der Waals surface area contributed by atoms with Gasteiger partial charge in [0.2, 0.25) is 0 Å². The summed E-state index contributed by atoms with van der Waals surface area (Å²) in [6, 6.07) is 10.7. The molecule has 2 aromatic carbocycles. The number of urea groups is 1. The zero-order valence-corrected chi connectivity index (χ0v) is 13.4. The molecule has 0 aliphatic carbocycles. The molecule has 7 heteroatoms. The second-order valence-corrected chi connectivity index (χ2v) is 5.19. The Labute approximate surface area is 144 Å². The Morgan fingerprint density at radius 1 is 1.08 bits per heavy atom. The number of nitriles is 1. The van der Waals surface area contributed by atoms with Gasteiger partial charge in [-0.3, -0.25) is 0 Å². The molecule has 0 bridgehead atoms. The average molecular weight is 345 g/mol. The standard InChI is InChI=1S/C18H17F2N3O2/c19-14-3-6-16(7-4-14)25-10-2-1-9-22-18(24)23-17-8-5-15(20)11-13(17)12-21/h3-8,11H,1-2,9-10H2,(H2,22,23,24). The number of hydrogen-bond acceptors (Lipinski definition) is 3. The average Bonchev–Trinajstić information content (AvgIpc) is 2.61. The van der Waals surface area contributed by atoms with E-state index in [1.807, 2.05) is 6.07 Å². The van der Waals surface area contributed by atoms with Crippen molar-refractivity contribution in [1.82, 2.24) is 5.32 Å². The minimum absolute atomic E-state index is 0.0582. The van der Waals surface area contributed by atoms with Crippen LogP contribution in [0.2, 0.25) is 0 Å². The molecular formula is C18H17F2N3O2. The summed E-state index contributed by atoms with van der Waals surface area (Å²) in [5.41, 5.74) is 0.309. The highest BCUT2D eigenvalue weighted by atomic mass is 19.1. The first-order valence-electron chi connectivity index (χ1n) is 7.71. The number of ether oxygens (including phenoxy) is 1. The number of nitrogens with one attached hydrogen (secondary N) is 2. The van der Waals surface area contributed by atoms with E-state index < -0.39 is 11.8 Å². The van der Waals surface area contributed by atoms with Crippen LogP contribution < -0.4 is 15.4 Å². The highest BCUT2D eigenvalue weighted by Gasteiger charge is 2.07. The highest BCUT2D eigenvalue weighted by molar-refractivity contribution is 5.90. The first-order valence-corrected chi connectivity index (χ1v) is 7.71. The van der Waals surface area contributed by atoms with Crippen molar-refractivity contribution in [2.24, 2.45) is 0 Å². The lowest BCUT2D eigenvalue weighted by molar-refractivity contribution is 0.251. The van der Waals surface area contributed by atoms with Gasteiger partial charge in [0, 0.05) is 6.54 Å². The number of nitrogens with zero attached hydrogens (tertiary/aromatic N) is 1. The molecule has 0 saturated carbocycles. The maximum Gasteiger partial charge on any atom is 0.319 e. The van der Waals surface area contributed by atoms with Crippen LogP contribution in [0.15, 0.2) is 42.5 Å². The summed E-state index contributed by atoms with van der Waals surface area (Å²) in [5.74, 6) is -0.264. The van der Waals surface area contributed by atoms with Crippen molar-refractivity contribution in [3.63, 3.8) is 0 Å². The third kappa shape index (κ3) is 6.11. The van der Waals surface area contributed by atoms with Gasteiger partial charge in [-0.25, -0.2) is 13.6 Å². The Bertz CT molecular complexity index is 758. The van der Waals surface area contributed by atoms with Crippen molar-refractivity contribution in [3.05, 3.63) is 59.7 Å². The zero-order valence-electron chi connectivity index (χ0n) is 13.4. The molecule has 0 aliphatic heterocycles. The van der Waals surface area contributed by atoms with Gasteiger partial charge in [0.25, 0.3) is 0 Å². The van der Waals surface area contributed by atoms with Crippen LogP contribution in [0.3, 0.4) is 0 Å². The molecule has 0 fully saturated rings. The number of amides is 2. The van der Waals surface area contributed by atoms with E-state index in [2.05, 4.69) is 10.6 Å². The van der Waals surface area contributed by atoms with E-state index in [1.54, 1.807) is 12.1 Å². The first kappa shape index (κ1) is 18.2. The molecule has 2 amide bonds.